The quantitative estimate of drug-likeness (QED) is 0.739. The Labute approximate surface area is 141 Å². The lowest BCUT2D eigenvalue weighted by Crippen LogP contribution is -2.12. The standard InChI is InChI=1S/C20H19N3O/c1-15-7-5-6-10-17(15)13-21-19-12-11-18(14-22-19)23-20(24)16-8-3-2-4-9-16/h2-12,14H,13H2,1H3,(H,21,22)(H,23,24). The summed E-state index contributed by atoms with van der Waals surface area (Å²) in [6.07, 6.45) is 1.65. The summed E-state index contributed by atoms with van der Waals surface area (Å²) in [5.41, 5.74) is 3.78. The van der Waals surface area contributed by atoms with Gasteiger partial charge in [-0.1, -0.05) is 42.5 Å². The van der Waals surface area contributed by atoms with Crippen molar-refractivity contribution < 1.29 is 4.79 Å². The van der Waals surface area contributed by atoms with Gasteiger partial charge in [-0.3, -0.25) is 4.79 Å². The molecule has 0 aliphatic carbocycles. The molecule has 0 fully saturated rings. The van der Waals surface area contributed by atoms with E-state index < -0.39 is 0 Å². The highest BCUT2D eigenvalue weighted by atomic mass is 16.1. The van der Waals surface area contributed by atoms with E-state index in [-0.39, 0.29) is 5.91 Å². The normalized spacial score (nSPS) is 10.2. The summed E-state index contributed by atoms with van der Waals surface area (Å²) < 4.78 is 0. The molecule has 0 bridgehead atoms. The largest absolute Gasteiger partial charge is 0.366 e. The lowest BCUT2D eigenvalue weighted by Gasteiger charge is -2.09. The number of pyridine rings is 1. The van der Waals surface area contributed by atoms with Gasteiger partial charge in [0.1, 0.15) is 5.82 Å². The predicted octanol–water partition coefficient (Wildman–Crippen LogP) is 4.25. The van der Waals surface area contributed by atoms with Gasteiger partial charge in [-0.2, -0.15) is 0 Å². The maximum Gasteiger partial charge on any atom is 0.255 e. The number of anilines is 2. The van der Waals surface area contributed by atoms with Gasteiger partial charge < -0.3 is 10.6 Å². The molecule has 4 nitrogen and oxygen atoms in total. The summed E-state index contributed by atoms with van der Waals surface area (Å²) in [4.78, 5) is 16.4. The fourth-order valence-electron chi connectivity index (χ4n) is 2.36. The summed E-state index contributed by atoms with van der Waals surface area (Å²) in [6, 6.07) is 21.1. The average molecular weight is 317 g/mol. The molecular weight excluding hydrogens is 298 g/mol. The monoisotopic (exact) mass is 317 g/mol. The van der Waals surface area contributed by atoms with Crippen LogP contribution in [0.4, 0.5) is 11.5 Å². The van der Waals surface area contributed by atoms with E-state index in [2.05, 4.69) is 34.7 Å². The molecule has 0 saturated carbocycles. The summed E-state index contributed by atoms with van der Waals surface area (Å²) in [5, 5.41) is 6.13. The minimum atomic E-state index is -0.141. The Kier molecular flexibility index (Phi) is 4.87. The third kappa shape index (κ3) is 3.98. The Bertz CT molecular complexity index is 814. The molecule has 0 radical (unpaired) electrons. The number of carbonyl (C=O) groups excluding carboxylic acids is 1. The number of nitrogens with zero attached hydrogens (tertiary/aromatic N) is 1. The minimum absolute atomic E-state index is 0.141. The molecular formula is C20H19N3O. The molecule has 1 amide bonds. The average Bonchev–Trinajstić information content (AvgIpc) is 2.63. The van der Waals surface area contributed by atoms with Crippen molar-refractivity contribution in [1.82, 2.24) is 4.98 Å². The fraction of sp³-hybridized carbons (Fsp3) is 0.100. The van der Waals surface area contributed by atoms with Crippen LogP contribution in [-0.4, -0.2) is 10.9 Å². The second kappa shape index (κ2) is 7.42. The van der Waals surface area contributed by atoms with Crippen LogP contribution in [0.1, 0.15) is 21.5 Å². The van der Waals surface area contributed by atoms with Crippen molar-refractivity contribution in [2.24, 2.45) is 0 Å². The molecule has 4 heteroatoms. The molecule has 3 aromatic rings. The highest BCUT2D eigenvalue weighted by Crippen LogP contribution is 2.13. The van der Waals surface area contributed by atoms with E-state index in [1.54, 1.807) is 18.3 Å². The smallest absolute Gasteiger partial charge is 0.255 e. The van der Waals surface area contributed by atoms with Crippen LogP contribution in [0.3, 0.4) is 0 Å². The van der Waals surface area contributed by atoms with Crippen molar-refractivity contribution in [1.29, 1.82) is 0 Å². The van der Waals surface area contributed by atoms with E-state index in [4.69, 9.17) is 0 Å². The van der Waals surface area contributed by atoms with E-state index >= 15 is 0 Å². The second-order valence-electron chi connectivity index (χ2n) is 5.53. The number of nitrogens with one attached hydrogen (secondary N) is 2. The van der Waals surface area contributed by atoms with Gasteiger partial charge in [0.05, 0.1) is 11.9 Å². The molecule has 1 heterocycles. The molecule has 0 unspecified atom stereocenters. The highest BCUT2D eigenvalue weighted by Gasteiger charge is 2.05. The first kappa shape index (κ1) is 15.7. The molecule has 3 rings (SSSR count). The Morgan fingerprint density at radius 1 is 0.958 bits per heavy atom. The summed E-state index contributed by atoms with van der Waals surface area (Å²) in [7, 11) is 0. The van der Waals surface area contributed by atoms with Gasteiger partial charge in [-0.15, -0.1) is 0 Å². The Hall–Kier alpha value is -3.14. The highest BCUT2D eigenvalue weighted by molar-refractivity contribution is 6.04. The lowest BCUT2D eigenvalue weighted by atomic mass is 10.1. The van der Waals surface area contributed by atoms with Crippen molar-refractivity contribution in [3.8, 4) is 0 Å². The van der Waals surface area contributed by atoms with E-state index in [9.17, 15) is 4.79 Å². The molecule has 0 aliphatic heterocycles. The van der Waals surface area contributed by atoms with E-state index in [1.165, 1.54) is 11.1 Å². The van der Waals surface area contributed by atoms with Crippen LogP contribution in [0.5, 0.6) is 0 Å². The number of aromatic nitrogens is 1. The third-order valence-corrected chi connectivity index (χ3v) is 3.78. The molecule has 0 aliphatic rings. The van der Waals surface area contributed by atoms with Gasteiger partial charge in [-0.25, -0.2) is 4.98 Å². The first-order valence-electron chi connectivity index (χ1n) is 7.83. The van der Waals surface area contributed by atoms with Gasteiger partial charge in [0.15, 0.2) is 0 Å². The van der Waals surface area contributed by atoms with Gasteiger partial charge in [0.2, 0.25) is 0 Å². The SMILES string of the molecule is Cc1ccccc1CNc1ccc(NC(=O)c2ccccc2)cn1. The minimum Gasteiger partial charge on any atom is -0.366 e. The fourth-order valence-corrected chi connectivity index (χ4v) is 2.36. The van der Waals surface area contributed by atoms with Crippen molar-refractivity contribution in [2.75, 3.05) is 10.6 Å². The maximum atomic E-state index is 12.1. The first-order chi connectivity index (χ1) is 11.7. The van der Waals surface area contributed by atoms with Gasteiger partial charge >= 0.3 is 0 Å². The molecule has 24 heavy (non-hydrogen) atoms. The van der Waals surface area contributed by atoms with Gasteiger partial charge in [0, 0.05) is 12.1 Å². The van der Waals surface area contributed by atoms with Gasteiger partial charge in [0.25, 0.3) is 5.91 Å². The van der Waals surface area contributed by atoms with Crippen LogP contribution in [0, 0.1) is 6.92 Å². The number of hydrogen-bond acceptors (Lipinski definition) is 3. The van der Waals surface area contributed by atoms with Crippen molar-refractivity contribution in [3.63, 3.8) is 0 Å². The topological polar surface area (TPSA) is 54.0 Å². The molecule has 0 atom stereocenters. The van der Waals surface area contributed by atoms with E-state index in [0.29, 0.717) is 11.3 Å². The number of benzene rings is 2. The van der Waals surface area contributed by atoms with Crippen LogP contribution < -0.4 is 10.6 Å². The molecule has 2 N–H and O–H groups in total. The summed E-state index contributed by atoms with van der Waals surface area (Å²) in [5.74, 6) is 0.633. The summed E-state index contributed by atoms with van der Waals surface area (Å²) >= 11 is 0. The summed E-state index contributed by atoms with van der Waals surface area (Å²) in [6.45, 7) is 2.81. The number of carbonyl (C=O) groups is 1. The number of aryl methyl sites for hydroxylation is 1. The van der Waals surface area contributed by atoms with Crippen LogP contribution in [-0.2, 0) is 6.54 Å². The Balaban J connectivity index is 1.59. The number of amides is 1. The first-order valence-corrected chi connectivity index (χ1v) is 7.83. The second-order valence-corrected chi connectivity index (χ2v) is 5.53. The molecule has 0 saturated heterocycles. The Morgan fingerprint density at radius 2 is 1.71 bits per heavy atom. The predicted molar refractivity (Wildman–Crippen MR) is 97.1 cm³/mol. The van der Waals surface area contributed by atoms with Crippen molar-refractivity contribution in [2.45, 2.75) is 13.5 Å². The van der Waals surface area contributed by atoms with Crippen LogP contribution in [0.2, 0.25) is 0 Å². The maximum absolute atomic E-state index is 12.1. The number of rotatable bonds is 5. The Morgan fingerprint density at radius 3 is 2.42 bits per heavy atom. The van der Waals surface area contributed by atoms with Gasteiger partial charge in [-0.05, 0) is 42.3 Å². The van der Waals surface area contributed by atoms with Crippen LogP contribution in [0.15, 0.2) is 72.9 Å². The zero-order valence-electron chi connectivity index (χ0n) is 13.5. The van der Waals surface area contributed by atoms with E-state index in [0.717, 1.165) is 12.4 Å². The zero-order chi connectivity index (χ0) is 16.8. The van der Waals surface area contributed by atoms with Crippen molar-refractivity contribution in [3.05, 3.63) is 89.6 Å². The third-order valence-electron chi connectivity index (χ3n) is 3.78. The van der Waals surface area contributed by atoms with Crippen molar-refractivity contribution >= 4 is 17.4 Å². The molecule has 2 aromatic carbocycles. The lowest BCUT2D eigenvalue weighted by molar-refractivity contribution is 0.102. The number of hydrogen-bond donors (Lipinski definition) is 2. The van der Waals surface area contributed by atoms with Crippen LogP contribution in [0.25, 0.3) is 0 Å². The molecule has 0 spiro atoms. The van der Waals surface area contributed by atoms with E-state index in [1.807, 2.05) is 42.5 Å². The van der Waals surface area contributed by atoms with Crippen LogP contribution >= 0.6 is 0 Å². The zero-order valence-corrected chi connectivity index (χ0v) is 13.5. The molecule has 1 aromatic heterocycles. The molecule has 120 valence electrons.